The highest BCUT2D eigenvalue weighted by Gasteiger charge is 2.21. The molecule has 0 amide bonds. The van der Waals surface area contributed by atoms with Crippen LogP contribution >= 0.6 is 0 Å². The molecule has 0 spiro atoms. The van der Waals surface area contributed by atoms with Crippen LogP contribution in [0.1, 0.15) is 19.8 Å². The minimum absolute atomic E-state index is 0.234. The molecule has 0 aromatic carbocycles. The number of nitrogens with two attached hydrogens (primary N) is 1. The zero-order chi connectivity index (χ0) is 9.84. The Morgan fingerprint density at radius 3 is 2.54 bits per heavy atom. The van der Waals surface area contributed by atoms with Crippen LogP contribution in [0.5, 0.6) is 0 Å². The van der Waals surface area contributed by atoms with Gasteiger partial charge in [-0.15, -0.1) is 0 Å². The van der Waals surface area contributed by atoms with Crippen LogP contribution in [0.4, 0.5) is 0 Å². The molecule has 0 aromatic rings. The molecule has 1 atom stereocenters. The third-order valence-electron chi connectivity index (χ3n) is 2.56. The van der Waals surface area contributed by atoms with Crippen molar-refractivity contribution in [2.75, 3.05) is 25.1 Å². The molecule has 1 aliphatic heterocycles. The SMILES string of the molecule is CC(N)CN(C)C1CCS(=O)CC1. The Morgan fingerprint density at radius 2 is 2.08 bits per heavy atom. The monoisotopic (exact) mass is 204 g/mol. The lowest BCUT2D eigenvalue weighted by atomic mass is 10.1. The molecule has 1 unspecified atom stereocenters. The molecule has 13 heavy (non-hydrogen) atoms. The average Bonchev–Trinajstić information content (AvgIpc) is 2.04. The highest BCUT2D eigenvalue weighted by molar-refractivity contribution is 7.85. The summed E-state index contributed by atoms with van der Waals surface area (Å²) in [6.45, 7) is 2.97. The molecule has 0 bridgehead atoms. The van der Waals surface area contributed by atoms with Gasteiger partial charge < -0.3 is 10.6 Å². The summed E-state index contributed by atoms with van der Waals surface area (Å²) < 4.78 is 11.1. The summed E-state index contributed by atoms with van der Waals surface area (Å²) in [5.74, 6) is 1.74. The van der Waals surface area contributed by atoms with Gasteiger partial charge in [0.25, 0.3) is 0 Å². The van der Waals surface area contributed by atoms with Gasteiger partial charge in [-0.3, -0.25) is 4.21 Å². The molecule has 1 saturated heterocycles. The summed E-state index contributed by atoms with van der Waals surface area (Å²) in [6, 6.07) is 0.834. The summed E-state index contributed by atoms with van der Waals surface area (Å²) in [5, 5.41) is 0. The van der Waals surface area contributed by atoms with E-state index in [-0.39, 0.29) is 6.04 Å². The van der Waals surface area contributed by atoms with E-state index in [0.29, 0.717) is 6.04 Å². The molecule has 1 aliphatic rings. The summed E-state index contributed by atoms with van der Waals surface area (Å²) in [4.78, 5) is 2.31. The van der Waals surface area contributed by atoms with Crippen molar-refractivity contribution in [2.24, 2.45) is 5.73 Å². The van der Waals surface area contributed by atoms with E-state index in [1.807, 2.05) is 6.92 Å². The van der Waals surface area contributed by atoms with Crippen LogP contribution in [0.25, 0.3) is 0 Å². The number of likely N-dealkylation sites (N-methyl/N-ethyl adjacent to an activating group) is 1. The Labute approximate surface area is 83.1 Å². The molecule has 1 rings (SSSR count). The van der Waals surface area contributed by atoms with Crippen LogP contribution in [0.15, 0.2) is 0 Å². The predicted molar refractivity (Wildman–Crippen MR) is 57.2 cm³/mol. The molecule has 0 aliphatic carbocycles. The second-order valence-corrected chi connectivity index (χ2v) is 5.69. The summed E-state index contributed by atoms with van der Waals surface area (Å²) in [5.41, 5.74) is 5.73. The first-order valence-electron chi connectivity index (χ1n) is 4.90. The molecule has 78 valence electrons. The van der Waals surface area contributed by atoms with Crippen molar-refractivity contribution in [2.45, 2.75) is 31.8 Å². The molecule has 3 nitrogen and oxygen atoms in total. The van der Waals surface area contributed by atoms with Crippen LogP contribution in [0.3, 0.4) is 0 Å². The molecule has 0 aromatic heterocycles. The van der Waals surface area contributed by atoms with Crippen LogP contribution in [0, 0.1) is 0 Å². The zero-order valence-electron chi connectivity index (χ0n) is 8.53. The van der Waals surface area contributed by atoms with Gasteiger partial charge in [0, 0.05) is 40.9 Å². The number of hydrogen-bond donors (Lipinski definition) is 1. The maximum Gasteiger partial charge on any atom is 0.0249 e. The summed E-state index contributed by atoms with van der Waals surface area (Å²) in [7, 11) is 1.57. The molecule has 1 heterocycles. The second-order valence-electron chi connectivity index (χ2n) is 4.00. The van der Waals surface area contributed by atoms with Gasteiger partial charge in [0.15, 0.2) is 0 Å². The summed E-state index contributed by atoms with van der Waals surface area (Å²) >= 11 is 0. The minimum Gasteiger partial charge on any atom is -0.327 e. The van der Waals surface area contributed by atoms with Crippen molar-refractivity contribution in [1.82, 2.24) is 4.90 Å². The molecular weight excluding hydrogens is 184 g/mol. The van der Waals surface area contributed by atoms with E-state index in [2.05, 4.69) is 11.9 Å². The van der Waals surface area contributed by atoms with Gasteiger partial charge in [0.2, 0.25) is 0 Å². The van der Waals surface area contributed by atoms with Gasteiger partial charge in [-0.25, -0.2) is 0 Å². The quantitative estimate of drug-likeness (QED) is 0.713. The standard InChI is InChI=1S/C9H20N2OS/c1-8(10)7-11(2)9-3-5-13(12)6-4-9/h8-9H,3-7,10H2,1-2H3. The van der Waals surface area contributed by atoms with Crippen molar-refractivity contribution in [1.29, 1.82) is 0 Å². The fraction of sp³-hybridized carbons (Fsp3) is 1.00. The second kappa shape index (κ2) is 5.08. The van der Waals surface area contributed by atoms with Crippen molar-refractivity contribution in [3.8, 4) is 0 Å². The highest BCUT2D eigenvalue weighted by Crippen LogP contribution is 2.14. The Bertz CT molecular complexity index is 174. The van der Waals surface area contributed by atoms with Gasteiger partial charge in [0.1, 0.15) is 0 Å². The fourth-order valence-corrected chi connectivity index (χ4v) is 3.10. The Hall–Kier alpha value is 0.0700. The lowest BCUT2D eigenvalue weighted by Gasteiger charge is -2.31. The maximum absolute atomic E-state index is 11.1. The Morgan fingerprint density at radius 1 is 1.54 bits per heavy atom. The normalized spacial score (nSPS) is 32.0. The molecule has 4 heteroatoms. The average molecular weight is 204 g/mol. The van der Waals surface area contributed by atoms with Crippen LogP contribution in [-0.4, -0.2) is 46.3 Å². The summed E-state index contributed by atoms with van der Waals surface area (Å²) in [6.07, 6.45) is 2.13. The van der Waals surface area contributed by atoms with E-state index >= 15 is 0 Å². The molecule has 2 N–H and O–H groups in total. The zero-order valence-corrected chi connectivity index (χ0v) is 9.35. The van der Waals surface area contributed by atoms with Crippen LogP contribution < -0.4 is 5.73 Å². The van der Waals surface area contributed by atoms with E-state index in [1.165, 1.54) is 0 Å². The van der Waals surface area contributed by atoms with Crippen LogP contribution in [-0.2, 0) is 10.8 Å². The number of hydrogen-bond acceptors (Lipinski definition) is 3. The van der Waals surface area contributed by atoms with E-state index in [4.69, 9.17) is 5.73 Å². The van der Waals surface area contributed by atoms with Gasteiger partial charge >= 0.3 is 0 Å². The van der Waals surface area contributed by atoms with Crippen LogP contribution in [0.2, 0.25) is 0 Å². The smallest absolute Gasteiger partial charge is 0.0249 e. The van der Waals surface area contributed by atoms with Gasteiger partial charge in [0.05, 0.1) is 0 Å². The minimum atomic E-state index is -0.548. The van der Waals surface area contributed by atoms with E-state index < -0.39 is 10.8 Å². The van der Waals surface area contributed by atoms with Gasteiger partial charge in [-0.1, -0.05) is 0 Å². The maximum atomic E-state index is 11.1. The first-order valence-corrected chi connectivity index (χ1v) is 6.39. The van der Waals surface area contributed by atoms with Gasteiger partial charge in [-0.2, -0.15) is 0 Å². The van der Waals surface area contributed by atoms with Crippen molar-refractivity contribution in [3.05, 3.63) is 0 Å². The van der Waals surface area contributed by atoms with Crippen molar-refractivity contribution >= 4 is 10.8 Å². The Balaban J connectivity index is 2.31. The Kier molecular flexibility index (Phi) is 4.35. The third-order valence-corrected chi connectivity index (χ3v) is 3.94. The molecule has 1 fully saturated rings. The fourth-order valence-electron chi connectivity index (χ4n) is 1.83. The van der Waals surface area contributed by atoms with E-state index in [0.717, 1.165) is 30.9 Å². The first kappa shape index (κ1) is 11.1. The topological polar surface area (TPSA) is 46.3 Å². The van der Waals surface area contributed by atoms with Gasteiger partial charge in [-0.05, 0) is 26.8 Å². The van der Waals surface area contributed by atoms with E-state index in [9.17, 15) is 4.21 Å². The van der Waals surface area contributed by atoms with E-state index in [1.54, 1.807) is 0 Å². The molecular formula is C9H20N2OS. The lowest BCUT2D eigenvalue weighted by molar-refractivity contribution is 0.218. The number of rotatable bonds is 3. The largest absolute Gasteiger partial charge is 0.327 e. The lowest BCUT2D eigenvalue weighted by Crippen LogP contribution is -2.42. The van der Waals surface area contributed by atoms with Crippen molar-refractivity contribution in [3.63, 3.8) is 0 Å². The first-order chi connectivity index (χ1) is 6.09. The predicted octanol–water partition coefficient (Wildman–Crippen LogP) is 0.177. The third kappa shape index (κ3) is 3.75. The molecule has 0 saturated carbocycles. The van der Waals surface area contributed by atoms with Crippen molar-refractivity contribution < 1.29 is 4.21 Å². The molecule has 0 radical (unpaired) electrons. The number of nitrogens with zero attached hydrogens (tertiary/aromatic N) is 1. The highest BCUT2D eigenvalue weighted by atomic mass is 32.2.